The number of methoxy groups -OCH3 is 1. The first-order valence-corrected chi connectivity index (χ1v) is 9.33. The Morgan fingerprint density at radius 3 is 2.56 bits per heavy atom. The van der Waals surface area contributed by atoms with Gasteiger partial charge in [0, 0.05) is 12.8 Å². The fourth-order valence-electron chi connectivity index (χ4n) is 4.63. The highest BCUT2D eigenvalue weighted by Gasteiger charge is 2.59. The van der Waals surface area contributed by atoms with Gasteiger partial charge in [0.2, 0.25) is 0 Å². The second kappa shape index (κ2) is 6.95. The fourth-order valence-corrected chi connectivity index (χ4v) is 4.63. The lowest BCUT2D eigenvalue weighted by atomic mass is 9.89. The molecule has 7 heteroatoms. The average molecular weight is 354 g/mol. The summed E-state index contributed by atoms with van der Waals surface area (Å²) in [7, 11) is 1.38. The van der Waals surface area contributed by atoms with Crippen LogP contribution < -0.4 is 0 Å². The van der Waals surface area contributed by atoms with Gasteiger partial charge in [-0.25, -0.2) is 0 Å². The quantitative estimate of drug-likeness (QED) is 0.561. The molecule has 1 spiro atoms. The summed E-state index contributed by atoms with van der Waals surface area (Å²) in [4.78, 5) is 23.1. The van der Waals surface area contributed by atoms with Crippen molar-refractivity contribution >= 4 is 12.3 Å². The standard InChI is InChI=1S/C18H26O7/c1-21-14(20)9-11-5-6-12-15(22-11)17-16(13(10-19)23-12)24-18(25-17)7-3-2-4-8-18/h10-13,15-17H,2-9H2,1H3/t11?,12?,13-,15?,16?,17?/m0/s1. The molecule has 3 saturated heterocycles. The molecule has 0 aromatic heterocycles. The van der Waals surface area contributed by atoms with Gasteiger partial charge in [0.1, 0.15) is 24.4 Å². The van der Waals surface area contributed by atoms with Crippen molar-refractivity contribution in [1.82, 2.24) is 0 Å². The largest absolute Gasteiger partial charge is 0.469 e. The summed E-state index contributed by atoms with van der Waals surface area (Å²) in [6.07, 6.45) is 5.36. The first-order valence-electron chi connectivity index (χ1n) is 9.33. The maximum atomic E-state index is 11.6. The molecule has 4 rings (SSSR count). The summed E-state index contributed by atoms with van der Waals surface area (Å²) in [5, 5.41) is 0. The van der Waals surface area contributed by atoms with Gasteiger partial charge < -0.3 is 28.5 Å². The van der Waals surface area contributed by atoms with Crippen LogP contribution in [0.25, 0.3) is 0 Å². The average Bonchev–Trinajstić information content (AvgIpc) is 3.00. The minimum Gasteiger partial charge on any atom is -0.469 e. The minimum absolute atomic E-state index is 0.201. The predicted molar refractivity (Wildman–Crippen MR) is 84.8 cm³/mol. The molecule has 4 fully saturated rings. The van der Waals surface area contributed by atoms with Crippen molar-refractivity contribution in [2.75, 3.05) is 7.11 Å². The molecule has 1 saturated carbocycles. The molecule has 0 radical (unpaired) electrons. The van der Waals surface area contributed by atoms with Crippen LogP contribution in [-0.2, 0) is 33.3 Å². The second-order valence-electron chi connectivity index (χ2n) is 7.49. The van der Waals surface area contributed by atoms with Crippen molar-refractivity contribution in [2.24, 2.45) is 0 Å². The molecule has 0 aromatic rings. The van der Waals surface area contributed by atoms with Crippen LogP contribution >= 0.6 is 0 Å². The zero-order chi connectivity index (χ0) is 17.4. The number of fused-ring (bicyclic) bond motifs is 3. The summed E-state index contributed by atoms with van der Waals surface area (Å²) in [6, 6.07) is 0. The van der Waals surface area contributed by atoms with E-state index in [0.717, 1.165) is 38.4 Å². The molecule has 25 heavy (non-hydrogen) atoms. The number of hydrogen-bond donors (Lipinski definition) is 0. The zero-order valence-electron chi connectivity index (χ0n) is 14.6. The van der Waals surface area contributed by atoms with Crippen LogP contribution in [-0.4, -0.2) is 61.8 Å². The van der Waals surface area contributed by atoms with Gasteiger partial charge in [-0.2, -0.15) is 0 Å². The number of aldehydes is 1. The molecule has 0 N–H and O–H groups in total. The first kappa shape index (κ1) is 17.4. The zero-order valence-corrected chi connectivity index (χ0v) is 14.6. The number of rotatable bonds is 3. The number of ether oxygens (including phenoxy) is 5. The molecule has 140 valence electrons. The van der Waals surface area contributed by atoms with Crippen LogP contribution in [0.3, 0.4) is 0 Å². The van der Waals surface area contributed by atoms with Gasteiger partial charge in [-0.15, -0.1) is 0 Å². The Labute approximate surface area is 147 Å². The van der Waals surface area contributed by atoms with Crippen molar-refractivity contribution in [3.8, 4) is 0 Å². The molecule has 1 aliphatic carbocycles. The van der Waals surface area contributed by atoms with E-state index < -0.39 is 18.0 Å². The summed E-state index contributed by atoms with van der Waals surface area (Å²) in [5.74, 6) is -0.888. The minimum atomic E-state index is -0.617. The van der Waals surface area contributed by atoms with Crippen LogP contribution in [0.2, 0.25) is 0 Å². The molecule has 6 atom stereocenters. The Kier molecular flexibility index (Phi) is 4.83. The van der Waals surface area contributed by atoms with Gasteiger partial charge >= 0.3 is 5.97 Å². The maximum Gasteiger partial charge on any atom is 0.308 e. The molecule has 7 nitrogen and oxygen atoms in total. The van der Waals surface area contributed by atoms with E-state index in [0.29, 0.717) is 6.42 Å². The molecule has 0 amide bonds. The van der Waals surface area contributed by atoms with Crippen LogP contribution in [0.4, 0.5) is 0 Å². The fraction of sp³-hybridized carbons (Fsp3) is 0.889. The number of carbonyl (C=O) groups excluding carboxylic acids is 2. The van der Waals surface area contributed by atoms with E-state index in [1.807, 2.05) is 0 Å². The van der Waals surface area contributed by atoms with Gasteiger partial charge in [0.15, 0.2) is 12.1 Å². The lowest BCUT2D eigenvalue weighted by molar-refractivity contribution is -0.235. The van der Waals surface area contributed by atoms with E-state index in [2.05, 4.69) is 0 Å². The lowest BCUT2D eigenvalue weighted by Crippen LogP contribution is -2.60. The molecule has 3 heterocycles. The summed E-state index contributed by atoms with van der Waals surface area (Å²) >= 11 is 0. The highest BCUT2D eigenvalue weighted by molar-refractivity contribution is 5.69. The Hall–Kier alpha value is -1.02. The van der Waals surface area contributed by atoms with Crippen LogP contribution in [0, 0.1) is 0 Å². The summed E-state index contributed by atoms with van der Waals surface area (Å²) in [6.45, 7) is 0. The third-order valence-electron chi connectivity index (χ3n) is 5.87. The van der Waals surface area contributed by atoms with Crippen molar-refractivity contribution in [3.63, 3.8) is 0 Å². The highest BCUT2D eigenvalue weighted by atomic mass is 16.8. The normalized spacial score (nSPS) is 42.4. The third kappa shape index (κ3) is 3.23. The van der Waals surface area contributed by atoms with Gasteiger partial charge in [0.05, 0.1) is 25.7 Å². The third-order valence-corrected chi connectivity index (χ3v) is 5.87. The van der Waals surface area contributed by atoms with Gasteiger partial charge in [-0.05, 0) is 25.7 Å². The van der Waals surface area contributed by atoms with Gasteiger partial charge in [-0.1, -0.05) is 6.42 Å². The topological polar surface area (TPSA) is 80.3 Å². The molecular weight excluding hydrogens is 328 g/mol. The van der Waals surface area contributed by atoms with Crippen molar-refractivity contribution < 1.29 is 33.3 Å². The number of hydrogen-bond acceptors (Lipinski definition) is 7. The van der Waals surface area contributed by atoms with E-state index in [4.69, 9.17) is 23.7 Å². The van der Waals surface area contributed by atoms with Crippen LogP contribution in [0.5, 0.6) is 0 Å². The van der Waals surface area contributed by atoms with E-state index in [1.165, 1.54) is 13.5 Å². The van der Waals surface area contributed by atoms with E-state index in [1.54, 1.807) is 0 Å². The molecular formula is C18H26O7. The molecule has 0 bridgehead atoms. The Balaban J connectivity index is 1.51. The summed E-state index contributed by atoms with van der Waals surface area (Å²) < 4.78 is 29.5. The Morgan fingerprint density at radius 2 is 1.84 bits per heavy atom. The van der Waals surface area contributed by atoms with Gasteiger partial charge in [-0.3, -0.25) is 4.79 Å². The molecule has 3 aliphatic heterocycles. The molecule has 5 unspecified atom stereocenters. The number of esters is 1. The lowest BCUT2D eigenvalue weighted by Gasteiger charge is -2.45. The first-order chi connectivity index (χ1) is 12.1. The molecule has 4 aliphatic rings. The monoisotopic (exact) mass is 354 g/mol. The summed E-state index contributed by atoms with van der Waals surface area (Å²) in [5.41, 5.74) is 0. The van der Waals surface area contributed by atoms with E-state index in [-0.39, 0.29) is 36.8 Å². The predicted octanol–water partition coefficient (Wildman–Crippen LogP) is 1.51. The Bertz CT molecular complexity index is 516. The van der Waals surface area contributed by atoms with E-state index >= 15 is 0 Å². The van der Waals surface area contributed by atoms with Crippen LogP contribution in [0.1, 0.15) is 51.4 Å². The van der Waals surface area contributed by atoms with Crippen molar-refractivity contribution in [3.05, 3.63) is 0 Å². The number of carbonyl (C=O) groups is 2. The van der Waals surface area contributed by atoms with Crippen LogP contribution in [0.15, 0.2) is 0 Å². The maximum absolute atomic E-state index is 11.6. The molecule has 0 aromatic carbocycles. The Morgan fingerprint density at radius 1 is 1.08 bits per heavy atom. The second-order valence-corrected chi connectivity index (χ2v) is 7.49. The van der Waals surface area contributed by atoms with Crippen molar-refractivity contribution in [1.29, 1.82) is 0 Å². The highest BCUT2D eigenvalue weighted by Crippen LogP contribution is 2.47. The smallest absolute Gasteiger partial charge is 0.308 e. The SMILES string of the molecule is COC(=O)CC1CCC2O[C@@H](C=O)C3OC4(CCCCC4)OC3C2O1. The van der Waals surface area contributed by atoms with E-state index in [9.17, 15) is 9.59 Å². The van der Waals surface area contributed by atoms with Crippen molar-refractivity contribution in [2.45, 2.75) is 93.8 Å². The van der Waals surface area contributed by atoms with Gasteiger partial charge in [0.25, 0.3) is 0 Å².